The zero-order valence-corrected chi connectivity index (χ0v) is 11.8. The van der Waals surface area contributed by atoms with E-state index in [0.29, 0.717) is 12.1 Å². The van der Waals surface area contributed by atoms with Gasteiger partial charge in [0.15, 0.2) is 5.69 Å². The average molecular weight is 354 g/mol. The number of nitrogens with one attached hydrogen (secondary N) is 2. The number of rotatable bonds is 3. The molecule has 0 saturated carbocycles. The molecule has 2 N–H and O–H groups in total. The Bertz CT molecular complexity index is 740. The lowest BCUT2D eigenvalue weighted by atomic mass is 10.1. The molecule has 0 aliphatic rings. The van der Waals surface area contributed by atoms with E-state index in [4.69, 9.17) is 0 Å². The van der Waals surface area contributed by atoms with Crippen molar-refractivity contribution in [2.24, 2.45) is 0 Å². The topological polar surface area (TPSA) is 49.8 Å². The monoisotopic (exact) mass is 354 g/mol. The van der Waals surface area contributed by atoms with Gasteiger partial charge in [0.05, 0.1) is 11.3 Å². The Kier molecular flexibility index (Phi) is 4.54. The van der Waals surface area contributed by atoms with Crippen LogP contribution in [-0.2, 0) is 12.4 Å². The van der Waals surface area contributed by atoms with E-state index >= 15 is 0 Å². The summed E-state index contributed by atoms with van der Waals surface area (Å²) in [5.41, 5.74) is -3.80. The van der Waals surface area contributed by atoms with Crippen LogP contribution in [0.4, 0.5) is 48.2 Å². The van der Waals surface area contributed by atoms with Crippen molar-refractivity contribution in [2.45, 2.75) is 12.4 Å². The van der Waals surface area contributed by atoms with Crippen LogP contribution in [0.5, 0.6) is 0 Å². The number of hydrogen-bond donors (Lipinski definition) is 2. The number of aromatic nitrogens is 2. The van der Waals surface area contributed by atoms with E-state index in [2.05, 4.69) is 15.3 Å². The molecule has 0 fully saturated rings. The molecule has 1 heterocycles. The lowest BCUT2D eigenvalue weighted by Gasteiger charge is -2.16. The Morgan fingerprint density at radius 3 is 2.17 bits per heavy atom. The highest BCUT2D eigenvalue weighted by atomic mass is 19.4. The molecule has 4 nitrogen and oxygen atoms in total. The zero-order chi connectivity index (χ0) is 18.1. The molecule has 0 unspecified atom stereocenters. The fraction of sp³-hybridized carbons (Fsp3) is 0.231. The molecule has 1 aromatic heterocycles. The molecule has 1 aromatic carbocycles. The van der Waals surface area contributed by atoms with Crippen LogP contribution < -0.4 is 10.6 Å². The maximum absolute atomic E-state index is 13.7. The number of para-hydroxylation sites is 1. The number of anilines is 3. The zero-order valence-electron chi connectivity index (χ0n) is 11.8. The number of benzene rings is 1. The first kappa shape index (κ1) is 17.8. The number of alkyl halides is 6. The highest BCUT2D eigenvalue weighted by Gasteiger charge is 2.36. The van der Waals surface area contributed by atoms with E-state index in [0.717, 1.165) is 12.1 Å². The van der Waals surface area contributed by atoms with Gasteiger partial charge in [-0.05, 0) is 12.1 Å². The molecule has 0 radical (unpaired) electrons. The Labute approximate surface area is 130 Å². The molecule has 0 atom stereocenters. The second-order valence-electron chi connectivity index (χ2n) is 4.49. The largest absolute Gasteiger partial charge is 0.433 e. The van der Waals surface area contributed by atoms with E-state index < -0.39 is 46.9 Å². The minimum absolute atomic E-state index is 0.382. The van der Waals surface area contributed by atoms with Gasteiger partial charge in [-0.2, -0.15) is 31.3 Å². The Hall–Kier alpha value is -2.59. The van der Waals surface area contributed by atoms with Crippen molar-refractivity contribution in [3.05, 3.63) is 41.3 Å². The molecule has 24 heavy (non-hydrogen) atoms. The number of hydrogen-bond acceptors (Lipinski definition) is 4. The van der Waals surface area contributed by atoms with Crippen LogP contribution in [0.15, 0.2) is 24.3 Å². The van der Waals surface area contributed by atoms with Crippen molar-refractivity contribution in [2.75, 3.05) is 17.7 Å². The molecule has 0 spiro atoms. The molecule has 11 heteroatoms. The van der Waals surface area contributed by atoms with Crippen molar-refractivity contribution in [3.63, 3.8) is 0 Å². The molecule has 130 valence electrons. The smallest absolute Gasteiger partial charge is 0.357 e. The Balaban J connectivity index is 2.53. The van der Waals surface area contributed by atoms with Gasteiger partial charge in [-0.3, -0.25) is 0 Å². The molecule has 0 aliphatic heterocycles. The summed E-state index contributed by atoms with van der Waals surface area (Å²) in [6, 6.07) is 2.55. The highest BCUT2D eigenvalue weighted by Crippen LogP contribution is 2.38. The van der Waals surface area contributed by atoms with E-state index in [9.17, 15) is 30.7 Å². The van der Waals surface area contributed by atoms with Gasteiger partial charge >= 0.3 is 12.4 Å². The van der Waals surface area contributed by atoms with Crippen molar-refractivity contribution in [3.8, 4) is 0 Å². The third-order valence-corrected chi connectivity index (χ3v) is 2.81. The SMILES string of the molecule is CNc1nc(Nc2c(F)cccc2C(F)(F)F)cc(C(F)(F)F)n1. The molecule has 0 aliphatic carbocycles. The predicted octanol–water partition coefficient (Wildman–Crippen LogP) is 4.44. The van der Waals surface area contributed by atoms with Crippen LogP contribution in [0.1, 0.15) is 11.3 Å². The van der Waals surface area contributed by atoms with Crippen LogP contribution in [0.3, 0.4) is 0 Å². The summed E-state index contributed by atoms with van der Waals surface area (Å²) in [6.07, 6.45) is -9.76. The van der Waals surface area contributed by atoms with Crippen molar-refractivity contribution in [1.82, 2.24) is 9.97 Å². The predicted molar refractivity (Wildman–Crippen MR) is 71.3 cm³/mol. The highest BCUT2D eigenvalue weighted by molar-refractivity contribution is 5.63. The first-order chi connectivity index (χ1) is 11.0. The molecule has 0 amide bonds. The van der Waals surface area contributed by atoms with Crippen LogP contribution in [0.25, 0.3) is 0 Å². The lowest BCUT2D eigenvalue weighted by molar-refractivity contribution is -0.141. The summed E-state index contributed by atoms with van der Waals surface area (Å²) in [6.45, 7) is 0. The first-order valence-corrected chi connectivity index (χ1v) is 6.29. The van der Waals surface area contributed by atoms with Crippen LogP contribution >= 0.6 is 0 Å². The fourth-order valence-corrected chi connectivity index (χ4v) is 1.78. The second kappa shape index (κ2) is 6.13. The normalized spacial score (nSPS) is 12.2. The van der Waals surface area contributed by atoms with Crippen LogP contribution in [0, 0.1) is 5.82 Å². The molecule has 2 aromatic rings. The third kappa shape index (κ3) is 3.84. The lowest BCUT2D eigenvalue weighted by Crippen LogP contribution is -2.14. The molecular weight excluding hydrogens is 345 g/mol. The molecule has 2 rings (SSSR count). The maximum Gasteiger partial charge on any atom is 0.433 e. The number of halogens is 7. The fourth-order valence-electron chi connectivity index (χ4n) is 1.78. The third-order valence-electron chi connectivity index (χ3n) is 2.81. The van der Waals surface area contributed by atoms with E-state index in [1.54, 1.807) is 0 Å². The maximum atomic E-state index is 13.7. The average Bonchev–Trinajstić information content (AvgIpc) is 2.47. The van der Waals surface area contributed by atoms with E-state index in [1.165, 1.54) is 7.05 Å². The standard InChI is InChI=1S/C13H9F7N4/c1-21-11-22-8(13(18,19)20)5-9(24-11)23-10-6(12(15,16)17)3-2-4-7(10)14/h2-5H,1H3,(H2,21,22,23,24). The molecule has 0 saturated heterocycles. The summed E-state index contributed by atoms with van der Waals surface area (Å²) in [4.78, 5) is 6.71. The Morgan fingerprint density at radius 1 is 0.958 bits per heavy atom. The van der Waals surface area contributed by atoms with Gasteiger partial charge in [0.2, 0.25) is 5.95 Å². The summed E-state index contributed by atoms with van der Waals surface area (Å²) in [5.74, 6) is -2.42. The van der Waals surface area contributed by atoms with Gasteiger partial charge in [-0.15, -0.1) is 0 Å². The quantitative estimate of drug-likeness (QED) is 0.801. The van der Waals surface area contributed by atoms with Crippen molar-refractivity contribution in [1.29, 1.82) is 0 Å². The van der Waals surface area contributed by atoms with Gasteiger partial charge in [-0.25, -0.2) is 9.37 Å². The minimum Gasteiger partial charge on any atom is -0.357 e. The van der Waals surface area contributed by atoms with Gasteiger partial charge in [0.1, 0.15) is 11.6 Å². The summed E-state index contributed by atoms with van der Waals surface area (Å²) >= 11 is 0. The van der Waals surface area contributed by atoms with Gasteiger partial charge in [-0.1, -0.05) is 6.07 Å². The van der Waals surface area contributed by atoms with Gasteiger partial charge in [0, 0.05) is 13.1 Å². The summed E-state index contributed by atoms with van der Waals surface area (Å²) < 4.78 is 90.8. The van der Waals surface area contributed by atoms with E-state index in [-0.39, 0.29) is 0 Å². The first-order valence-electron chi connectivity index (χ1n) is 6.29. The second-order valence-corrected chi connectivity index (χ2v) is 4.49. The van der Waals surface area contributed by atoms with E-state index in [1.807, 2.05) is 5.32 Å². The van der Waals surface area contributed by atoms with Gasteiger partial charge < -0.3 is 10.6 Å². The van der Waals surface area contributed by atoms with Gasteiger partial charge in [0.25, 0.3) is 0 Å². The Morgan fingerprint density at radius 2 is 1.62 bits per heavy atom. The van der Waals surface area contributed by atoms with Crippen molar-refractivity contribution >= 4 is 17.5 Å². The van der Waals surface area contributed by atoms with Crippen LogP contribution in [-0.4, -0.2) is 17.0 Å². The summed E-state index contributed by atoms with van der Waals surface area (Å²) in [5, 5.41) is 4.20. The van der Waals surface area contributed by atoms with Crippen LogP contribution in [0.2, 0.25) is 0 Å². The molecule has 0 bridgehead atoms. The van der Waals surface area contributed by atoms with Crippen molar-refractivity contribution < 1.29 is 30.7 Å². The number of nitrogens with zero attached hydrogens (tertiary/aromatic N) is 2. The minimum atomic E-state index is -4.91. The summed E-state index contributed by atoms with van der Waals surface area (Å²) in [7, 11) is 1.23. The molecular formula is C13H9F7N4.